The fourth-order valence-corrected chi connectivity index (χ4v) is 2.36. The number of amides is 1. The van der Waals surface area contributed by atoms with E-state index in [2.05, 4.69) is 19.2 Å². The van der Waals surface area contributed by atoms with Crippen LogP contribution in [0, 0.1) is 5.92 Å². The summed E-state index contributed by atoms with van der Waals surface area (Å²) in [6.07, 6.45) is 2.92. The number of hydrogen-bond acceptors (Lipinski definition) is 3. The van der Waals surface area contributed by atoms with Crippen molar-refractivity contribution >= 4 is 5.91 Å². The van der Waals surface area contributed by atoms with E-state index in [0.29, 0.717) is 18.6 Å². The summed E-state index contributed by atoms with van der Waals surface area (Å²) in [6, 6.07) is 0.346. The van der Waals surface area contributed by atoms with Gasteiger partial charge >= 0.3 is 0 Å². The second-order valence-electron chi connectivity index (χ2n) is 5.58. The van der Waals surface area contributed by atoms with Crippen LogP contribution in [-0.4, -0.2) is 49.7 Å². The SMILES string of the molecule is CNCC1CCCN1C(=O)C(C)OCCC(C)C. The predicted molar refractivity (Wildman–Crippen MR) is 73.5 cm³/mol. The van der Waals surface area contributed by atoms with Crippen molar-refractivity contribution in [1.29, 1.82) is 0 Å². The number of ether oxygens (including phenoxy) is 1. The minimum Gasteiger partial charge on any atom is -0.369 e. The molecule has 2 atom stereocenters. The van der Waals surface area contributed by atoms with E-state index in [0.717, 1.165) is 32.4 Å². The van der Waals surface area contributed by atoms with Crippen LogP contribution in [0.1, 0.15) is 40.0 Å². The van der Waals surface area contributed by atoms with Gasteiger partial charge in [-0.2, -0.15) is 0 Å². The average molecular weight is 256 g/mol. The van der Waals surface area contributed by atoms with Gasteiger partial charge < -0.3 is 15.0 Å². The van der Waals surface area contributed by atoms with Crippen molar-refractivity contribution in [2.45, 2.75) is 52.2 Å². The molecule has 1 amide bonds. The van der Waals surface area contributed by atoms with Gasteiger partial charge in [0.25, 0.3) is 5.91 Å². The Morgan fingerprint density at radius 3 is 2.78 bits per heavy atom. The fraction of sp³-hybridized carbons (Fsp3) is 0.929. The first kappa shape index (κ1) is 15.4. The first-order chi connectivity index (χ1) is 8.56. The van der Waals surface area contributed by atoms with Crippen LogP contribution in [0.25, 0.3) is 0 Å². The van der Waals surface area contributed by atoms with Gasteiger partial charge in [0.1, 0.15) is 6.10 Å². The topological polar surface area (TPSA) is 41.6 Å². The molecule has 2 unspecified atom stereocenters. The Morgan fingerprint density at radius 1 is 1.44 bits per heavy atom. The van der Waals surface area contributed by atoms with Gasteiger partial charge in [-0.15, -0.1) is 0 Å². The Kier molecular flexibility index (Phi) is 6.65. The van der Waals surface area contributed by atoms with Crippen molar-refractivity contribution in [1.82, 2.24) is 10.2 Å². The summed E-state index contributed by atoms with van der Waals surface area (Å²) < 4.78 is 5.64. The zero-order valence-corrected chi connectivity index (χ0v) is 12.2. The van der Waals surface area contributed by atoms with E-state index >= 15 is 0 Å². The van der Waals surface area contributed by atoms with E-state index in [9.17, 15) is 4.79 Å². The van der Waals surface area contributed by atoms with Crippen LogP contribution in [0.4, 0.5) is 0 Å². The quantitative estimate of drug-likeness (QED) is 0.753. The van der Waals surface area contributed by atoms with Crippen LogP contribution in [0.2, 0.25) is 0 Å². The van der Waals surface area contributed by atoms with Crippen LogP contribution in [0.3, 0.4) is 0 Å². The molecular weight excluding hydrogens is 228 g/mol. The number of likely N-dealkylation sites (tertiary alicyclic amines) is 1. The lowest BCUT2D eigenvalue weighted by Crippen LogP contribution is -2.45. The highest BCUT2D eigenvalue weighted by molar-refractivity contribution is 5.81. The Hall–Kier alpha value is -0.610. The molecule has 0 saturated carbocycles. The number of hydrogen-bond donors (Lipinski definition) is 1. The molecule has 4 heteroatoms. The third-order valence-corrected chi connectivity index (χ3v) is 3.51. The summed E-state index contributed by atoms with van der Waals surface area (Å²) in [5.74, 6) is 0.771. The van der Waals surface area contributed by atoms with E-state index in [1.165, 1.54) is 0 Å². The van der Waals surface area contributed by atoms with Crippen molar-refractivity contribution < 1.29 is 9.53 Å². The van der Waals surface area contributed by atoms with Crippen LogP contribution >= 0.6 is 0 Å². The van der Waals surface area contributed by atoms with Gasteiger partial charge in [0, 0.05) is 25.7 Å². The molecule has 0 aliphatic carbocycles. The summed E-state index contributed by atoms with van der Waals surface area (Å²) in [4.78, 5) is 14.3. The van der Waals surface area contributed by atoms with Gasteiger partial charge in [-0.05, 0) is 39.2 Å². The minimum absolute atomic E-state index is 0.150. The lowest BCUT2D eigenvalue weighted by atomic mass is 10.1. The van der Waals surface area contributed by atoms with Crippen molar-refractivity contribution in [3.8, 4) is 0 Å². The van der Waals surface area contributed by atoms with Gasteiger partial charge in [0.05, 0.1) is 0 Å². The first-order valence-corrected chi connectivity index (χ1v) is 7.13. The second kappa shape index (κ2) is 7.74. The molecule has 0 aromatic heterocycles. The highest BCUT2D eigenvalue weighted by atomic mass is 16.5. The summed E-state index contributed by atoms with van der Waals surface area (Å²) in [5.41, 5.74) is 0. The standard InChI is InChI=1S/C14H28N2O2/c1-11(2)7-9-18-12(3)14(17)16-8-5-6-13(16)10-15-4/h11-13,15H,5-10H2,1-4H3. The Balaban J connectivity index is 2.37. The summed E-state index contributed by atoms with van der Waals surface area (Å²) in [5, 5.41) is 3.16. The van der Waals surface area contributed by atoms with Gasteiger partial charge in [0.15, 0.2) is 0 Å². The summed E-state index contributed by atoms with van der Waals surface area (Å²) in [7, 11) is 1.93. The maximum Gasteiger partial charge on any atom is 0.251 e. The van der Waals surface area contributed by atoms with Gasteiger partial charge in [-0.25, -0.2) is 0 Å². The Bertz CT molecular complexity index is 256. The molecule has 0 spiro atoms. The Morgan fingerprint density at radius 2 is 2.17 bits per heavy atom. The molecule has 106 valence electrons. The zero-order chi connectivity index (χ0) is 13.5. The summed E-state index contributed by atoms with van der Waals surface area (Å²) in [6.45, 7) is 8.64. The van der Waals surface area contributed by atoms with Gasteiger partial charge in [-0.3, -0.25) is 4.79 Å². The third-order valence-electron chi connectivity index (χ3n) is 3.51. The molecule has 0 aromatic carbocycles. The lowest BCUT2D eigenvalue weighted by Gasteiger charge is -2.27. The highest BCUT2D eigenvalue weighted by Gasteiger charge is 2.31. The maximum atomic E-state index is 12.3. The molecule has 1 fully saturated rings. The number of carbonyl (C=O) groups excluding carboxylic acids is 1. The molecule has 1 saturated heterocycles. The molecule has 0 aromatic rings. The third kappa shape index (κ3) is 4.58. The van der Waals surface area contributed by atoms with E-state index in [1.54, 1.807) is 0 Å². The predicted octanol–water partition coefficient (Wildman–Crippen LogP) is 1.65. The zero-order valence-electron chi connectivity index (χ0n) is 12.2. The average Bonchev–Trinajstić information content (AvgIpc) is 2.76. The number of nitrogens with one attached hydrogen (secondary N) is 1. The molecule has 0 radical (unpaired) electrons. The van der Waals surface area contributed by atoms with E-state index in [4.69, 9.17) is 4.74 Å². The molecule has 1 N–H and O–H groups in total. The molecule has 0 bridgehead atoms. The van der Waals surface area contributed by atoms with E-state index in [-0.39, 0.29) is 12.0 Å². The van der Waals surface area contributed by atoms with Crippen molar-refractivity contribution in [2.75, 3.05) is 26.7 Å². The largest absolute Gasteiger partial charge is 0.369 e. The number of rotatable bonds is 7. The Labute approximate surface area is 111 Å². The minimum atomic E-state index is -0.304. The van der Waals surface area contributed by atoms with Crippen LogP contribution in [-0.2, 0) is 9.53 Å². The van der Waals surface area contributed by atoms with Crippen molar-refractivity contribution in [2.24, 2.45) is 5.92 Å². The monoisotopic (exact) mass is 256 g/mol. The number of likely N-dealkylation sites (N-methyl/N-ethyl adjacent to an activating group) is 1. The van der Waals surface area contributed by atoms with Gasteiger partial charge in [-0.1, -0.05) is 13.8 Å². The molecule has 1 aliphatic heterocycles. The van der Waals surface area contributed by atoms with Gasteiger partial charge in [0.2, 0.25) is 0 Å². The molecule has 1 heterocycles. The van der Waals surface area contributed by atoms with Crippen LogP contribution in [0.5, 0.6) is 0 Å². The normalized spacial score (nSPS) is 21.6. The lowest BCUT2D eigenvalue weighted by molar-refractivity contribution is -0.143. The number of nitrogens with zero attached hydrogens (tertiary/aromatic N) is 1. The van der Waals surface area contributed by atoms with E-state index in [1.807, 2.05) is 18.9 Å². The van der Waals surface area contributed by atoms with Crippen molar-refractivity contribution in [3.05, 3.63) is 0 Å². The first-order valence-electron chi connectivity index (χ1n) is 7.13. The number of carbonyl (C=O) groups is 1. The molecule has 4 nitrogen and oxygen atoms in total. The molecule has 18 heavy (non-hydrogen) atoms. The van der Waals surface area contributed by atoms with E-state index < -0.39 is 0 Å². The molecular formula is C14H28N2O2. The van der Waals surface area contributed by atoms with Crippen LogP contribution in [0.15, 0.2) is 0 Å². The highest BCUT2D eigenvalue weighted by Crippen LogP contribution is 2.18. The fourth-order valence-electron chi connectivity index (χ4n) is 2.36. The smallest absolute Gasteiger partial charge is 0.251 e. The van der Waals surface area contributed by atoms with Crippen molar-refractivity contribution in [3.63, 3.8) is 0 Å². The summed E-state index contributed by atoms with van der Waals surface area (Å²) >= 11 is 0. The maximum absolute atomic E-state index is 12.3. The molecule has 1 rings (SSSR count). The van der Waals surface area contributed by atoms with Crippen LogP contribution < -0.4 is 5.32 Å². The molecule has 1 aliphatic rings. The second-order valence-corrected chi connectivity index (χ2v) is 5.58.